The molecule has 3 atom stereocenters. The number of piperazine rings is 1. The van der Waals surface area contributed by atoms with Crippen LogP contribution in [0.15, 0.2) is 30.6 Å². The number of anilines is 1. The van der Waals surface area contributed by atoms with Crippen molar-refractivity contribution in [3.63, 3.8) is 0 Å². The highest BCUT2D eigenvalue weighted by Gasteiger charge is 2.35. The minimum Gasteiger partial charge on any atom is -0.481 e. The van der Waals surface area contributed by atoms with E-state index < -0.39 is 18.0 Å². The smallest absolute Gasteiger partial charge is 0.303 e. The summed E-state index contributed by atoms with van der Waals surface area (Å²) in [4.78, 5) is 54.1. The number of halogens is 1. The Balaban J connectivity index is 1.45. The first kappa shape index (κ1) is 32.6. The molecule has 234 valence electrons. The summed E-state index contributed by atoms with van der Waals surface area (Å²) >= 11 is 6.18. The van der Waals surface area contributed by atoms with Gasteiger partial charge in [0.2, 0.25) is 11.8 Å². The summed E-state index contributed by atoms with van der Waals surface area (Å²) in [6.45, 7) is 9.98. The largest absolute Gasteiger partial charge is 0.481 e. The SMILES string of the molecule is CC(C)N(CCN(C)C(=O)CCC(=O)O)CC(C(=O)N1CCN(c2ncnc3c2[C@H](C)C[C@H]3O)CC1)c1ccc(Cl)cc1. The number of hydrogen-bond donors (Lipinski definition) is 2. The van der Waals surface area contributed by atoms with Gasteiger partial charge in [-0.25, -0.2) is 9.97 Å². The number of benzene rings is 1. The number of carbonyl (C=O) groups excluding carboxylic acids is 2. The van der Waals surface area contributed by atoms with Crippen molar-refractivity contribution in [3.8, 4) is 0 Å². The maximum Gasteiger partial charge on any atom is 0.303 e. The molecule has 2 amide bonds. The summed E-state index contributed by atoms with van der Waals surface area (Å²) in [7, 11) is 1.68. The number of aliphatic hydroxyl groups excluding tert-OH is 1. The van der Waals surface area contributed by atoms with Crippen LogP contribution < -0.4 is 4.90 Å². The maximum absolute atomic E-state index is 14.1. The second kappa shape index (κ2) is 14.5. The molecule has 1 aliphatic heterocycles. The van der Waals surface area contributed by atoms with Gasteiger partial charge in [-0.15, -0.1) is 0 Å². The van der Waals surface area contributed by atoms with Crippen molar-refractivity contribution in [2.75, 3.05) is 57.8 Å². The Bertz CT molecular complexity index is 1280. The fourth-order valence-electron chi connectivity index (χ4n) is 5.94. The molecule has 1 unspecified atom stereocenters. The summed E-state index contributed by atoms with van der Waals surface area (Å²) in [6.07, 6.45) is 1.35. The highest BCUT2D eigenvalue weighted by atomic mass is 35.5. The van der Waals surface area contributed by atoms with Crippen LogP contribution in [0.1, 0.15) is 74.8 Å². The van der Waals surface area contributed by atoms with Gasteiger partial charge in [-0.05, 0) is 43.9 Å². The molecule has 4 rings (SSSR count). The summed E-state index contributed by atoms with van der Waals surface area (Å²) in [5.41, 5.74) is 2.60. The monoisotopic (exact) mass is 614 g/mol. The number of aliphatic hydroxyl groups is 1. The van der Waals surface area contributed by atoms with Crippen LogP contribution in [0.3, 0.4) is 0 Å². The summed E-state index contributed by atoms with van der Waals surface area (Å²) in [5, 5.41) is 19.9. The second-order valence-electron chi connectivity index (χ2n) is 11.9. The molecular weight excluding hydrogens is 572 g/mol. The highest BCUT2D eigenvalue weighted by molar-refractivity contribution is 6.30. The van der Waals surface area contributed by atoms with Gasteiger partial charge in [0.1, 0.15) is 12.1 Å². The molecule has 1 fully saturated rings. The molecule has 0 radical (unpaired) electrons. The van der Waals surface area contributed by atoms with E-state index in [1.165, 1.54) is 6.33 Å². The average molecular weight is 615 g/mol. The van der Waals surface area contributed by atoms with Crippen molar-refractivity contribution in [3.05, 3.63) is 52.4 Å². The Morgan fingerprint density at radius 1 is 1.05 bits per heavy atom. The first-order chi connectivity index (χ1) is 20.5. The molecule has 11 nitrogen and oxygen atoms in total. The zero-order valence-corrected chi connectivity index (χ0v) is 26.2. The first-order valence-electron chi connectivity index (χ1n) is 15.0. The zero-order valence-electron chi connectivity index (χ0n) is 25.4. The van der Waals surface area contributed by atoms with E-state index in [4.69, 9.17) is 16.7 Å². The van der Waals surface area contributed by atoms with Crippen LogP contribution in [0.2, 0.25) is 5.02 Å². The molecule has 2 heterocycles. The predicted molar refractivity (Wildman–Crippen MR) is 164 cm³/mol. The van der Waals surface area contributed by atoms with Crippen LogP contribution in [0.4, 0.5) is 5.82 Å². The Kier molecular flexibility index (Phi) is 11.0. The molecular formula is C31H43ClN6O5. The van der Waals surface area contributed by atoms with Crippen molar-refractivity contribution in [2.24, 2.45) is 0 Å². The number of aromatic nitrogens is 2. The third-order valence-electron chi connectivity index (χ3n) is 8.59. The summed E-state index contributed by atoms with van der Waals surface area (Å²) in [6, 6.07) is 7.51. The molecule has 1 aliphatic carbocycles. The number of carboxylic acids is 1. The van der Waals surface area contributed by atoms with Crippen molar-refractivity contribution in [2.45, 2.75) is 64.0 Å². The number of rotatable bonds is 12. The number of amides is 2. The predicted octanol–water partition coefficient (Wildman–Crippen LogP) is 3.14. The quantitative estimate of drug-likeness (QED) is 0.370. The van der Waals surface area contributed by atoms with Crippen molar-refractivity contribution < 1.29 is 24.6 Å². The van der Waals surface area contributed by atoms with E-state index in [2.05, 4.69) is 40.5 Å². The second-order valence-corrected chi connectivity index (χ2v) is 12.3. The maximum atomic E-state index is 14.1. The summed E-state index contributed by atoms with van der Waals surface area (Å²) < 4.78 is 0. The van der Waals surface area contributed by atoms with E-state index in [1.54, 1.807) is 24.1 Å². The fraction of sp³-hybridized carbons (Fsp3) is 0.581. The highest BCUT2D eigenvalue weighted by Crippen LogP contribution is 2.42. The lowest BCUT2D eigenvalue weighted by Crippen LogP contribution is -2.52. The van der Waals surface area contributed by atoms with E-state index in [-0.39, 0.29) is 36.6 Å². The van der Waals surface area contributed by atoms with E-state index in [0.717, 1.165) is 16.9 Å². The van der Waals surface area contributed by atoms with Gasteiger partial charge in [0.05, 0.1) is 24.1 Å². The van der Waals surface area contributed by atoms with Gasteiger partial charge in [0.25, 0.3) is 0 Å². The van der Waals surface area contributed by atoms with Gasteiger partial charge >= 0.3 is 5.97 Å². The van der Waals surface area contributed by atoms with Gasteiger partial charge in [-0.3, -0.25) is 19.3 Å². The van der Waals surface area contributed by atoms with Gasteiger partial charge in [0, 0.05) is 75.9 Å². The lowest BCUT2D eigenvalue weighted by molar-refractivity contribution is -0.140. The number of aliphatic carboxylic acids is 1. The Morgan fingerprint density at radius 2 is 1.72 bits per heavy atom. The molecule has 43 heavy (non-hydrogen) atoms. The Morgan fingerprint density at radius 3 is 2.35 bits per heavy atom. The van der Waals surface area contributed by atoms with Crippen molar-refractivity contribution in [1.29, 1.82) is 0 Å². The van der Waals surface area contributed by atoms with Crippen LogP contribution in [0.5, 0.6) is 0 Å². The van der Waals surface area contributed by atoms with Gasteiger partial charge < -0.3 is 24.9 Å². The van der Waals surface area contributed by atoms with Crippen LogP contribution in [0, 0.1) is 0 Å². The number of carboxylic acid groups (broad SMARTS) is 1. The zero-order chi connectivity index (χ0) is 31.3. The fourth-order valence-corrected chi connectivity index (χ4v) is 6.06. The first-order valence-corrected chi connectivity index (χ1v) is 15.4. The standard InChI is InChI=1S/C31H43ClN6O5/c1-20(2)38(12-11-35(4)26(40)9-10-27(41)42)18-24(22-5-7-23(32)8-6-22)31(43)37-15-13-36(14-16-37)30-28-21(3)17-25(39)29(28)33-19-34-30/h5-8,19-21,24-25,39H,9-18H2,1-4H3,(H,41,42)/t21-,24?,25-/m1/s1. The van der Waals surface area contributed by atoms with Gasteiger partial charge in [-0.1, -0.05) is 30.7 Å². The normalized spacial score (nSPS) is 19.1. The average Bonchev–Trinajstić information content (AvgIpc) is 3.29. The molecule has 1 aromatic heterocycles. The number of nitrogens with zero attached hydrogens (tertiary/aromatic N) is 6. The van der Waals surface area contributed by atoms with Crippen molar-refractivity contribution in [1.82, 2.24) is 24.7 Å². The van der Waals surface area contributed by atoms with Crippen molar-refractivity contribution >= 4 is 35.2 Å². The number of carbonyl (C=O) groups is 3. The topological polar surface area (TPSA) is 130 Å². The third-order valence-corrected chi connectivity index (χ3v) is 8.84. The van der Waals surface area contributed by atoms with Crippen LogP contribution in [-0.2, 0) is 14.4 Å². The van der Waals surface area contributed by atoms with E-state index in [1.807, 2.05) is 17.0 Å². The Labute approximate surface area is 258 Å². The molecule has 0 bridgehead atoms. The van der Waals surface area contributed by atoms with Crippen LogP contribution >= 0.6 is 11.6 Å². The minimum atomic E-state index is -0.995. The lowest BCUT2D eigenvalue weighted by atomic mass is 9.95. The molecule has 2 aliphatic rings. The van der Waals surface area contributed by atoms with E-state index in [9.17, 15) is 19.5 Å². The molecule has 2 N–H and O–H groups in total. The van der Waals surface area contributed by atoms with Crippen LogP contribution in [0.25, 0.3) is 0 Å². The van der Waals surface area contributed by atoms with Gasteiger partial charge in [0.15, 0.2) is 0 Å². The third kappa shape index (κ3) is 8.01. The minimum absolute atomic E-state index is 0.0372. The Hall–Kier alpha value is -3.28. The lowest BCUT2D eigenvalue weighted by Gasteiger charge is -2.39. The summed E-state index contributed by atoms with van der Waals surface area (Å²) in [5.74, 6) is -0.586. The molecule has 1 saturated heterocycles. The molecule has 0 saturated carbocycles. The molecule has 0 spiro atoms. The molecule has 12 heteroatoms. The molecule has 1 aromatic carbocycles. The van der Waals surface area contributed by atoms with Gasteiger partial charge in [-0.2, -0.15) is 0 Å². The number of fused-ring (bicyclic) bond motifs is 1. The number of hydrogen-bond acceptors (Lipinski definition) is 8. The van der Waals surface area contributed by atoms with E-state index in [0.29, 0.717) is 63.0 Å². The number of likely N-dealkylation sites (N-methyl/N-ethyl adjacent to an activating group) is 1. The molecule has 2 aromatic rings. The van der Waals surface area contributed by atoms with Crippen LogP contribution in [-0.4, -0.2) is 112 Å². The van der Waals surface area contributed by atoms with E-state index >= 15 is 0 Å².